The van der Waals surface area contributed by atoms with Crippen molar-refractivity contribution in [2.24, 2.45) is 0 Å². The topological polar surface area (TPSA) is 47.0 Å². The third-order valence-corrected chi connectivity index (χ3v) is 2.42. The minimum atomic E-state index is 0.160. The second-order valence-electron chi connectivity index (χ2n) is 3.67. The molecular weight excluding hydrogens is 202 g/mol. The van der Waals surface area contributed by atoms with E-state index in [4.69, 9.17) is 4.74 Å². The first-order valence-corrected chi connectivity index (χ1v) is 5.28. The molecule has 1 aromatic carbocycles. The van der Waals surface area contributed by atoms with Crippen LogP contribution >= 0.6 is 0 Å². The molecule has 4 nitrogen and oxygen atoms in total. The van der Waals surface area contributed by atoms with Gasteiger partial charge in [-0.05, 0) is 19.1 Å². The van der Waals surface area contributed by atoms with E-state index in [9.17, 15) is 0 Å². The number of aromatic nitrogens is 2. The molecule has 0 saturated carbocycles. The normalized spacial score (nSPS) is 12.6. The van der Waals surface area contributed by atoms with Crippen molar-refractivity contribution in [2.75, 3.05) is 19.0 Å². The van der Waals surface area contributed by atoms with Crippen LogP contribution in [-0.2, 0) is 4.74 Å². The maximum absolute atomic E-state index is 5.15. The summed E-state index contributed by atoms with van der Waals surface area (Å²) in [7, 11) is 1.69. The van der Waals surface area contributed by atoms with Gasteiger partial charge in [0.05, 0.1) is 23.3 Å². The quantitative estimate of drug-likeness (QED) is 0.851. The Hall–Kier alpha value is -1.68. The van der Waals surface area contributed by atoms with Crippen LogP contribution in [0, 0.1) is 0 Å². The van der Waals surface area contributed by atoms with Crippen LogP contribution in [0.5, 0.6) is 0 Å². The number of hydrogen-bond donors (Lipinski definition) is 1. The first kappa shape index (κ1) is 10.8. The summed E-state index contributed by atoms with van der Waals surface area (Å²) in [6, 6.07) is 7.81. The Labute approximate surface area is 94.7 Å². The van der Waals surface area contributed by atoms with Gasteiger partial charge in [-0.25, -0.2) is 4.98 Å². The highest BCUT2D eigenvalue weighted by molar-refractivity contribution is 5.75. The molecule has 84 valence electrons. The molecule has 0 spiro atoms. The number of nitrogens with one attached hydrogen (secondary N) is 1. The fourth-order valence-electron chi connectivity index (χ4n) is 1.37. The summed E-state index contributed by atoms with van der Waals surface area (Å²) in [5.74, 6) is 0.780. The van der Waals surface area contributed by atoms with E-state index >= 15 is 0 Å². The molecule has 1 aromatic heterocycles. The molecule has 4 heteroatoms. The predicted octanol–water partition coefficient (Wildman–Crippen LogP) is 2.08. The number of benzene rings is 1. The van der Waals surface area contributed by atoms with Crippen LogP contribution < -0.4 is 5.32 Å². The van der Waals surface area contributed by atoms with Crippen molar-refractivity contribution < 1.29 is 4.74 Å². The van der Waals surface area contributed by atoms with Gasteiger partial charge in [0.1, 0.15) is 5.82 Å². The molecule has 1 atom stereocenters. The van der Waals surface area contributed by atoms with E-state index in [1.54, 1.807) is 13.3 Å². The Bertz CT molecular complexity index is 473. The molecule has 1 heterocycles. The van der Waals surface area contributed by atoms with E-state index in [1.807, 2.05) is 31.2 Å². The van der Waals surface area contributed by atoms with Crippen molar-refractivity contribution >= 4 is 16.9 Å². The lowest BCUT2D eigenvalue weighted by Crippen LogP contribution is -2.18. The van der Waals surface area contributed by atoms with Crippen molar-refractivity contribution in [2.45, 2.75) is 13.0 Å². The summed E-state index contributed by atoms with van der Waals surface area (Å²) < 4.78 is 5.15. The van der Waals surface area contributed by atoms with Crippen molar-refractivity contribution in [1.82, 2.24) is 9.97 Å². The van der Waals surface area contributed by atoms with Gasteiger partial charge in [-0.3, -0.25) is 4.98 Å². The van der Waals surface area contributed by atoms with Crippen LogP contribution in [-0.4, -0.2) is 29.7 Å². The zero-order valence-corrected chi connectivity index (χ0v) is 9.47. The fraction of sp³-hybridized carbons (Fsp3) is 0.333. The summed E-state index contributed by atoms with van der Waals surface area (Å²) >= 11 is 0. The van der Waals surface area contributed by atoms with Gasteiger partial charge >= 0.3 is 0 Å². The molecule has 1 unspecified atom stereocenters. The van der Waals surface area contributed by atoms with E-state index in [2.05, 4.69) is 15.3 Å². The Morgan fingerprint density at radius 2 is 2.06 bits per heavy atom. The minimum Gasteiger partial charge on any atom is -0.380 e. The molecule has 0 amide bonds. The maximum Gasteiger partial charge on any atom is 0.145 e. The van der Waals surface area contributed by atoms with Gasteiger partial charge in [0.15, 0.2) is 0 Å². The first-order valence-electron chi connectivity index (χ1n) is 5.28. The third kappa shape index (κ3) is 2.46. The largest absolute Gasteiger partial charge is 0.380 e. The molecule has 16 heavy (non-hydrogen) atoms. The lowest BCUT2D eigenvalue weighted by Gasteiger charge is -2.11. The van der Waals surface area contributed by atoms with E-state index in [0.29, 0.717) is 0 Å². The maximum atomic E-state index is 5.15. The molecular formula is C12H15N3O. The number of fused-ring (bicyclic) bond motifs is 1. The molecule has 0 bridgehead atoms. The van der Waals surface area contributed by atoms with Gasteiger partial charge < -0.3 is 10.1 Å². The average molecular weight is 217 g/mol. The van der Waals surface area contributed by atoms with E-state index in [-0.39, 0.29) is 6.10 Å². The molecule has 0 aliphatic rings. The van der Waals surface area contributed by atoms with Crippen LogP contribution in [0.4, 0.5) is 5.82 Å². The Kier molecular flexibility index (Phi) is 3.31. The fourth-order valence-corrected chi connectivity index (χ4v) is 1.37. The van der Waals surface area contributed by atoms with Gasteiger partial charge in [0, 0.05) is 13.7 Å². The summed E-state index contributed by atoms with van der Waals surface area (Å²) in [6.45, 7) is 2.73. The molecule has 0 aliphatic carbocycles. The van der Waals surface area contributed by atoms with Crippen molar-refractivity contribution in [3.8, 4) is 0 Å². The number of nitrogens with zero attached hydrogens (tertiary/aromatic N) is 2. The standard InChI is InChI=1S/C12H15N3O/c1-9(16-2)7-14-12-8-13-10-5-3-4-6-11(10)15-12/h3-6,8-9H,7H2,1-2H3,(H,14,15). The number of para-hydroxylation sites is 2. The van der Waals surface area contributed by atoms with Gasteiger partial charge in [0.25, 0.3) is 0 Å². The number of rotatable bonds is 4. The van der Waals surface area contributed by atoms with E-state index in [0.717, 1.165) is 23.4 Å². The van der Waals surface area contributed by atoms with Crippen LogP contribution in [0.3, 0.4) is 0 Å². The summed E-state index contributed by atoms with van der Waals surface area (Å²) in [6.07, 6.45) is 1.90. The van der Waals surface area contributed by atoms with Crippen LogP contribution in [0.2, 0.25) is 0 Å². The van der Waals surface area contributed by atoms with Crippen molar-refractivity contribution in [1.29, 1.82) is 0 Å². The second kappa shape index (κ2) is 4.90. The third-order valence-electron chi connectivity index (χ3n) is 2.42. The molecule has 0 saturated heterocycles. The smallest absolute Gasteiger partial charge is 0.145 e. The van der Waals surface area contributed by atoms with Gasteiger partial charge in [0.2, 0.25) is 0 Å². The second-order valence-corrected chi connectivity index (χ2v) is 3.67. The zero-order valence-electron chi connectivity index (χ0n) is 9.47. The van der Waals surface area contributed by atoms with Crippen molar-refractivity contribution in [3.63, 3.8) is 0 Å². The number of anilines is 1. The lowest BCUT2D eigenvalue weighted by molar-refractivity contribution is 0.128. The molecule has 0 radical (unpaired) electrons. The van der Waals surface area contributed by atoms with Crippen LogP contribution in [0.15, 0.2) is 30.5 Å². The van der Waals surface area contributed by atoms with Gasteiger partial charge in [-0.1, -0.05) is 12.1 Å². The Morgan fingerprint density at radius 3 is 2.81 bits per heavy atom. The van der Waals surface area contributed by atoms with Gasteiger partial charge in [-0.2, -0.15) is 0 Å². The first-order chi connectivity index (χ1) is 7.79. The highest BCUT2D eigenvalue weighted by Crippen LogP contribution is 2.11. The number of ether oxygens (including phenoxy) is 1. The molecule has 1 N–H and O–H groups in total. The predicted molar refractivity (Wildman–Crippen MR) is 64.5 cm³/mol. The number of hydrogen-bond acceptors (Lipinski definition) is 4. The van der Waals surface area contributed by atoms with E-state index in [1.165, 1.54) is 0 Å². The zero-order chi connectivity index (χ0) is 11.4. The average Bonchev–Trinajstić information content (AvgIpc) is 2.35. The van der Waals surface area contributed by atoms with Gasteiger partial charge in [-0.15, -0.1) is 0 Å². The summed E-state index contributed by atoms with van der Waals surface area (Å²) in [5, 5.41) is 3.19. The molecule has 2 rings (SSSR count). The number of methoxy groups -OCH3 is 1. The Balaban J connectivity index is 2.13. The monoisotopic (exact) mass is 217 g/mol. The lowest BCUT2D eigenvalue weighted by atomic mass is 10.3. The van der Waals surface area contributed by atoms with Crippen molar-refractivity contribution in [3.05, 3.63) is 30.5 Å². The molecule has 0 aliphatic heterocycles. The van der Waals surface area contributed by atoms with E-state index < -0.39 is 0 Å². The highest BCUT2D eigenvalue weighted by Gasteiger charge is 2.01. The highest BCUT2D eigenvalue weighted by atomic mass is 16.5. The summed E-state index contributed by atoms with van der Waals surface area (Å²) in [4.78, 5) is 8.77. The Morgan fingerprint density at radius 1 is 1.31 bits per heavy atom. The SMILES string of the molecule is COC(C)CNc1cnc2ccccc2n1. The minimum absolute atomic E-state index is 0.160. The summed E-state index contributed by atoms with van der Waals surface area (Å²) in [5.41, 5.74) is 1.81. The van der Waals surface area contributed by atoms with Crippen LogP contribution in [0.1, 0.15) is 6.92 Å². The molecule has 2 aromatic rings. The van der Waals surface area contributed by atoms with Crippen LogP contribution in [0.25, 0.3) is 11.0 Å². The molecule has 0 fully saturated rings.